The number of amides is 1. The van der Waals surface area contributed by atoms with Crippen LogP contribution in [0, 0.1) is 6.92 Å². The molecule has 0 fully saturated rings. The average molecular weight is 411 g/mol. The van der Waals surface area contributed by atoms with E-state index in [1.807, 2.05) is 6.92 Å². The number of ether oxygens (including phenoxy) is 1. The molecule has 0 aliphatic carbocycles. The van der Waals surface area contributed by atoms with Crippen molar-refractivity contribution in [3.8, 4) is 5.75 Å². The Balaban J connectivity index is 1.68. The van der Waals surface area contributed by atoms with Crippen molar-refractivity contribution in [3.63, 3.8) is 0 Å². The summed E-state index contributed by atoms with van der Waals surface area (Å²) in [6.07, 6.45) is 1.15. The Kier molecular flexibility index (Phi) is 5.17. The Morgan fingerprint density at radius 1 is 1.27 bits per heavy atom. The van der Waals surface area contributed by atoms with Crippen molar-refractivity contribution in [3.05, 3.63) is 47.0 Å². The van der Waals surface area contributed by atoms with Crippen LogP contribution >= 0.6 is 22.9 Å². The molecule has 0 radical (unpaired) electrons. The number of benzene rings is 2. The molecule has 1 aromatic heterocycles. The fourth-order valence-corrected chi connectivity index (χ4v) is 3.96. The van der Waals surface area contributed by atoms with Crippen molar-refractivity contribution in [2.45, 2.75) is 11.8 Å². The second-order valence-electron chi connectivity index (χ2n) is 5.67. The van der Waals surface area contributed by atoms with Gasteiger partial charge in [-0.05, 0) is 48.9 Å². The molecule has 6 nitrogen and oxygen atoms in total. The maximum Gasteiger partial charge on any atom is 0.264 e. The standard InChI is InChI=1S/C17H15ClN2O4S2/c1-10-7-11(3-5-13(10)18)24-9-16(21)20-17-19-14-6-4-12(26(2,22)23)8-15(14)25-17/h3-8H,9H2,1-2H3,(H,19,20,21). The van der Waals surface area contributed by atoms with E-state index in [1.165, 1.54) is 17.4 Å². The zero-order valence-corrected chi connectivity index (χ0v) is 16.3. The lowest BCUT2D eigenvalue weighted by molar-refractivity contribution is -0.118. The van der Waals surface area contributed by atoms with Gasteiger partial charge < -0.3 is 4.74 Å². The minimum atomic E-state index is -3.29. The zero-order valence-electron chi connectivity index (χ0n) is 13.9. The largest absolute Gasteiger partial charge is 0.484 e. The number of nitrogens with one attached hydrogen (secondary N) is 1. The lowest BCUT2D eigenvalue weighted by Crippen LogP contribution is -2.20. The molecule has 0 saturated heterocycles. The van der Waals surface area contributed by atoms with Crippen LogP contribution in [0.15, 0.2) is 41.3 Å². The Morgan fingerprint density at radius 2 is 2.04 bits per heavy atom. The van der Waals surface area contributed by atoms with Crippen molar-refractivity contribution < 1.29 is 17.9 Å². The van der Waals surface area contributed by atoms with Crippen LogP contribution in [-0.4, -0.2) is 32.2 Å². The number of thiazole rings is 1. The van der Waals surface area contributed by atoms with Gasteiger partial charge in [0.15, 0.2) is 21.6 Å². The van der Waals surface area contributed by atoms with Crippen molar-refractivity contribution >= 4 is 54.0 Å². The number of rotatable bonds is 5. The SMILES string of the molecule is Cc1cc(OCC(=O)Nc2nc3ccc(S(C)(=O)=O)cc3s2)ccc1Cl. The first-order valence-corrected chi connectivity index (χ1v) is 10.6. The van der Waals surface area contributed by atoms with E-state index in [2.05, 4.69) is 10.3 Å². The number of anilines is 1. The van der Waals surface area contributed by atoms with Crippen LogP contribution in [0.2, 0.25) is 5.02 Å². The van der Waals surface area contributed by atoms with E-state index in [1.54, 1.807) is 30.3 Å². The topological polar surface area (TPSA) is 85.4 Å². The number of hydrogen-bond donors (Lipinski definition) is 1. The summed E-state index contributed by atoms with van der Waals surface area (Å²) in [5, 5.41) is 3.66. The first kappa shape index (κ1) is 18.6. The lowest BCUT2D eigenvalue weighted by atomic mass is 10.2. The van der Waals surface area contributed by atoms with E-state index < -0.39 is 9.84 Å². The van der Waals surface area contributed by atoms with Crippen LogP contribution in [0.4, 0.5) is 5.13 Å². The van der Waals surface area contributed by atoms with E-state index in [9.17, 15) is 13.2 Å². The van der Waals surface area contributed by atoms with Gasteiger partial charge in [-0.15, -0.1) is 0 Å². The highest BCUT2D eigenvalue weighted by Gasteiger charge is 2.12. The van der Waals surface area contributed by atoms with Crippen molar-refractivity contribution in [1.29, 1.82) is 0 Å². The third-order valence-electron chi connectivity index (χ3n) is 3.53. The molecule has 0 aliphatic heterocycles. The fraction of sp³-hybridized carbons (Fsp3) is 0.176. The van der Waals surface area contributed by atoms with Gasteiger partial charge in [0.1, 0.15) is 5.75 Å². The predicted octanol–water partition coefficient (Wildman–Crippen LogP) is 3.68. The molecule has 3 aromatic rings. The van der Waals surface area contributed by atoms with Crippen molar-refractivity contribution in [2.75, 3.05) is 18.2 Å². The summed E-state index contributed by atoms with van der Waals surface area (Å²) in [4.78, 5) is 16.5. The number of halogens is 1. The molecule has 0 bridgehead atoms. The van der Waals surface area contributed by atoms with E-state index in [0.29, 0.717) is 26.1 Å². The molecule has 136 valence electrons. The molecule has 9 heteroatoms. The van der Waals surface area contributed by atoms with Crippen molar-refractivity contribution in [1.82, 2.24) is 4.98 Å². The molecule has 3 rings (SSSR count). The van der Waals surface area contributed by atoms with Gasteiger partial charge in [-0.25, -0.2) is 13.4 Å². The molecular weight excluding hydrogens is 396 g/mol. The normalized spacial score (nSPS) is 11.5. The lowest BCUT2D eigenvalue weighted by Gasteiger charge is -2.07. The molecule has 0 aliphatic rings. The van der Waals surface area contributed by atoms with Gasteiger partial charge in [-0.2, -0.15) is 0 Å². The predicted molar refractivity (Wildman–Crippen MR) is 103 cm³/mol. The van der Waals surface area contributed by atoms with Crippen LogP contribution in [-0.2, 0) is 14.6 Å². The summed E-state index contributed by atoms with van der Waals surface area (Å²) in [7, 11) is -3.29. The number of aryl methyl sites for hydroxylation is 1. The van der Waals surface area contributed by atoms with Crippen LogP contribution in [0.5, 0.6) is 5.75 Å². The molecule has 1 heterocycles. The Bertz CT molecular complexity index is 1090. The van der Waals surface area contributed by atoms with E-state index in [-0.39, 0.29) is 17.4 Å². The van der Waals surface area contributed by atoms with Crippen LogP contribution < -0.4 is 10.1 Å². The summed E-state index contributed by atoms with van der Waals surface area (Å²) in [5.41, 5.74) is 1.48. The van der Waals surface area contributed by atoms with Gasteiger partial charge in [-0.1, -0.05) is 22.9 Å². The maximum absolute atomic E-state index is 12.0. The Labute approximate surface area is 159 Å². The van der Waals surface area contributed by atoms with Crippen LogP contribution in [0.25, 0.3) is 10.2 Å². The van der Waals surface area contributed by atoms with Gasteiger partial charge in [0.05, 0.1) is 15.1 Å². The minimum Gasteiger partial charge on any atom is -0.484 e. The van der Waals surface area contributed by atoms with Gasteiger partial charge in [-0.3, -0.25) is 10.1 Å². The molecule has 2 aromatic carbocycles. The van der Waals surface area contributed by atoms with E-state index in [0.717, 1.165) is 11.8 Å². The first-order valence-electron chi connectivity index (χ1n) is 7.52. The average Bonchev–Trinajstić information content (AvgIpc) is 2.96. The minimum absolute atomic E-state index is 0.175. The molecule has 0 spiro atoms. The van der Waals surface area contributed by atoms with Gasteiger partial charge >= 0.3 is 0 Å². The van der Waals surface area contributed by atoms with Gasteiger partial charge in [0.2, 0.25) is 0 Å². The fourth-order valence-electron chi connectivity index (χ4n) is 2.20. The highest BCUT2D eigenvalue weighted by atomic mass is 35.5. The number of carbonyl (C=O) groups is 1. The first-order chi connectivity index (χ1) is 12.2. The molecular formula is C17H15ClN2O4S2. The second-order valence-corrected chi connectivity index (χ2v) is 9.12. The summed E-state index contributed by atoms with van der Waals surface area (Å²) >= 11 is 7.15. The highest BCUT2D eigenvalue weighted by Crippen LogP contribution is 2.28. The van der Waals surface area contributed by atoms with Crippen LogP contribution in [0.3, 0.4) is 0 Å². The number of sulfone groups is 1. The van der Waals surface area contributed by atoms with Gasteiger partial charge in [0.25, 0.3) is 5.91 Å². The third-order valence-corrected chi connectivity index (χ3v) is 6.00. The van der Waals surface area contributed by atoms with Crippen LogP contribution in [0.1, 0.15) is 5.56 Å². The highest BCUT2D eigenvalue weighted by molar-refractivity contribution is 7.90. The second kappa shape index (κ2) is 7.22. The Morgan fingerprint density at radius 3 is 2.73 bits per heavy atom. The quantitative estimate of drug-likeness (QED) is 0.693. The van der Waals surface area contributed by atoms with E-state index >= 15 is 0 Å². The molecule has 0 saturated carbocycles. The summed E-state index contributed by atoms with van der Waals surface area (Å²) in [5.74, 6) is 0.184. The third kappa shape index (κ3) is 4.32. The van der Waals surface area contributed by atoms with E-state index in [4.69, 9.17) is 16.3 Å². The summed E-state index contributed by atoms with van der Waals surface area (Å²) in [6, 6.07) is 9.80. The molecule has 0 unspecified atom stereocenters. The number of nitrogens with zero attached hydrogens (tertiary/aromatic N) is 1. The van der Waals surface area contributed by atoms with Crippen molar-refractivity contribution in [2.24, 2.45) is 0 Å². The number of carbonyl (C=O) groups excluding carboxylic acids is 1. The Hall–Kier alpha value is -2.16. The zero-order chi connectivity index (χ0) is 18.9. The molecule has 1 N–H and O–H groups in total. The monoisotopic (exact) mass is 410 g/mol. The summed E-state index contributed by atoms with van der Waals surface area (Å²) < 4.78 is 29.4. The molecule has 26 heavy (non-hydrogen) atoms. The maximum atomic E-state index is 12.0. The number of aromatic nitrogens is 1. The summed E-state index contributed by atoms with van der Waals surface area (Å²) in [6.45, 7) is 1.67. The smallest absolute Gasteiger partial charge is 0.264 e. The number of fused-ring (bicyclic) bond motifs is 1. The molecule has 0 atom stereocenters. The van der Waals surface area contributed by atoms with Gasteiger partial charge in [0, 0.05) is 11.3 Å². The number of hydrogen-bond acceptors (Lipinski definition) is 6. The molecule has 1 amide bonds.